The van der Waals surface area contributed by atoms with Crippen LogP contribution >= 0.6 is 0 Å². The fourth-order valence-corrected chi connectivity index (χ4v) is 4.62. The lowest BCUT2D eigenvalue weighted by molar-refractivity contribution is -0.141. The van der Waals surface area contributed by atoms with Crippen LogP contribution in [0.15, 0.2) is 30.3 Å². The Morgan fingerprint density at radius 3 is 2.54 bits per heavy atom. The maximum Gasteiger partial charge on any atom is 0.248 e. The number of amides is 1. The van der Waals surface area contributed by atoms with Crippen molar-refractivity contribution >= 4 is 5.91 Å². The number of nitrogens with zero attached hydrogens (tertiary/aromatic N) is 2. The zero-order chi connectivity index (χ0) is 18.4. The number of hydrogen-bond acceptors (Lipinski definition) is 4. The first-order valence-electron chi connectivity index (χ1n) is 9.81. The van der Waals surface area contributed by atoms with Gasteiger partial charge in [0.2, 0.25) is 5.91 Å². The van der Waals surface area contributed by atoms with Gasteiger partial charge in [-0.05, 0) is 49.8 Å². The summed E-state index contributed by atoms with van der Waals surface area (Å²) in [5.41, 5.74) is 1.59. The van der Waals surface area contributed by atoms with Gasteiger partial charge in [-0.15, -0.1) is 0 Å². The molecule has 26 heavy (non-hydrogen) atoms. The van der Waals surface area contributed by atoms with Crippen molar-refractivity contribution < 1.29 is 14.6 Å². The molecule has 2 aliphatic rings. The summed E-state index contributed by atoms with van der Waals surface area (Å²) in [6, 6.07) is 10.7. The average molecular weight is 360 g/mol. The fourth-order valence-electron chi connectivity index (χ4n) is 4.62. The molecule has 0 aromatic heterocycles. The highest BCUT2D eigenvalue weighted by Crippen LogP contribution is 2.45. The molecule has 1 atom stereocenters. The summed E-state index contributed by atoms with van der Waals surface area (Å²) in [7, 11) is 1.55. The molecule has 1 amide bonds. The van der Waals surface area contributed by atoms with E-state index in [1.807, 2.05) is 4.90 Å². The maximum atomic E-state index is 12.1. The summed E-state index contributed by atoms with van der Waals surface area (Å²) in [4.78, 5) is 16.5. The number of ether oxygens (including phenoxy) is 1. The van der Waals surface area contributed by atoms with Crippen LogP contribution in [0.4, 0.5) is 0 Å². The lowest BCUT2D eigenvalue weighted by Crippen LogP contribution is -2.55. The van der Waals surface area contributed by atoms with Crippen LogP contribution in [-0.2, 0) is 16.0 Å². The summed E-state index contributed by atoms with van der Waals surface area (Å²) in [6.45, 7) is 5.05. The molecule has 2 fully saturated rings. The summed E-state index contributed by atoms with van der Waals surface area (Å²) in [5.74, 6) is 0.231. The van der Waals surface area contributed by atoms with Gasteiger partial charge in [0.25, 0.3) is 0 Å². The van der Waals surface area contributed by atoms with Crippen LogP contribution in [0.25, 0.3) is 0 Å². The third-order valence-electron chi connectivity index (χ3n) is 6.44. The third kappa shape index (κ3) is 4.45. The average Bonchev–Trinajstić information content (AvgIpc) is 2.69. The van der Waals surface area contributed by atoms with Crippen LogP contribution in [0.3, 0.4) is 0 Å². The van der Waals surface area contributed by atoms with Crippen molar-refractivity contribution in [2.75, 3.05) is 53.0 Å². The molecule has 0 saturated carbocycles. The lowest BCUT2D eigenvalue weighted by Gasteiger charge is -2.51. The number of likely N-dealkylation sites (tertiary alicyclic amines) is 2. The van der Waals surface area contributed by atoms with Gasteiger partial charge in [-0.25, -0.2) is 0 Å². The molecule has 0 unspecified atom stereocenters. The third-order valence-corrected chi connectivity index (χ3v) is 6.44. The van der Waals surface area contributed by atoms with Gasteiger partial charge in [0.15, 0.2) is 0 Å². The quantitative estimate of drug-likeness (QED) is 0.841. The van der Waals surface area contributed by atoms with Gasteiger partial charge in [-0.2, -0.15) is 0 Å². The molecule has 1 aromatic rings. The number of aliphatic hydroxyl groups is 1. The van der Waals surface area contributed by atoms with Crippen LogP contribution in [0.2, 0.25) is 0 Å². The molecule has 1 aromatic carbocycles. The predicted octanol–water partition coefficient (Wildman–Crippen LogP) is 1.80. The molecule has 2 aliphatic heterocycles. The number of hydrogen-bond donors (Lipinski definition) is 1. The van der Waals surface area contributed by atoms with E-state index in [4.69, 9.17) is 4.74 Å². The Hall–Kier alpha value is -1.43. The zero-order valence-electron chi connectivity index (χ0n) is 15.9. The lowest BCUT2D eigenvalue weighted by atomic mass is 9.64. The summed E-state index contributed by atoms with van der Waals surface area (Å²) in [5, 5.41) is 9.97. The second-order valence-electron chi connectivity index (χ2n) is 7.84. The molecule has 5 nitrogen and oxygen atoms in total. The minimum Gasteiger partial charge on any atom is -0.396 e. The van der Waals surface area contributed by atoms with E-state index < -0.39 is 0 Å². The van der Waals surface area contributed by atoms with E-state index >= 15 is 0 Å². The predicted molar refractivity (Wildman–Crippen MR) is 102 cm³/mol. The van der Waals surface area contributed by atoms with Crippen molar-refractivity contribution in [3.8, 4) is 0 Å². The van der Waals surface area contributed by atoms with Crippen molar-refractivity contribution in [1.82, 2.24) is 9.80 Å². The Bertz CT molecular complexity index is 570. The van der Waals surface area contributed by atoms with E-state index in [-0.39, 0.29) is 30.5 Å². The fraction of sp³-hybridized carbons (Fsp3) is 0.667. The summed E-state index contributed by atoms with van der Waals surface area (Å²) >= 11 is 0. The maximum absolute atomic E-state index is 12.1. The standard InChI is InChI=1S/C21H32N2O3/c1-26-17-20(25)23-14-10-21(19(15-23)16-24)8-12-22(13-9-21)11-7-18-5-3-2-4-6-18/h2-6,19,24H,7-17H2,1H3/t19-/m1/s1. The highest BCUT2D eigenvalue weighted by atomic mass is 16.5. The zero-order valence-corrected chi connectivity index (χ0v) is 15.9. The van der Waals surface area contributed by atoms with Gasteiger partial charge in [0, 0.05) is 39.3 Å². The van der Waals surface area contributed by atoms with E-state index in [1.54, 1.807) is 7.11 Å². The molecular weight excluding hydrogens is 328 g/mol. The first kappa shape index (κ1) is 19.3. The van der Waals surface area contributed by atoms with Gasteiger partial charge in [0.05, 0.1) is 0 Å². The minimum atomic E-state index is 0.0427. The molecule has 1 N–H and O–H groups in total. The Labute approximate surface area is 156 Å². The van der Waals surface area contributed by atoms with Crippen molar-refractivity contribution in [3.63, 3.8) is 0 Å². The number of carbonyl (C=O) groups excluding carboxylic acids is 1. The van der Waals surface area contributed by atoms with Crippen LogP contribution < -0.4 is 0 Å². The summed E-state index contributed by atoms with van der Waals surface area (Å²) in [6.07, 6.45) is 4.34. The molecule has 2 heterocycles. The monoisotopic (exact) mass is 360 g/mol. The number of piperidine rings is 2. The highest BCUT2D eigenvalue weighted by Gasteiger charge is 2.45. The van der Waals surface area contributed by atoms with Crippen molar-refractivity contribution in [2.24, 2.45) is 11.3 Å². The number of methoxy groups -OCH3 is 1. The molecule has 1 spiro atoms. The molecule has 0 aliphatic carbocycles. The van der Waals surface area contributed by atoms with Crippen LogP contribution in [0.1, 0.15) is 24.8 Å². The van der Waals surface area contributed by atoms with E-state index in [9.17, 15) is 9.90 Å². The second kappa shape index (κ2) is 8.98. The Morgan fingerprint density at radius 1 is 1.19 bits per heavy atom. The molecule has 144 valence electrons. The van der Waals surface area contributed by atoms with Crippen LogP contribution in [0.5, 0.6) is 0 Å². The van der Waals surface area contributed by atoms with Crippen molar-refractivity contribution in [3.05, 3.63) is 35.9 Å². The molecule has 5 heteroatoms. The van der Waals surface area contributed by atoms with Gasteiger partial charge in [-0.1, -0.05) is 30.3 Å². The number of aliphatic hydroxyl groups excluding tert-OH is 1. The van der Waals surface area contributed by atoms with Gasteiger partial charge < -0.3 is 19.6 Å². The number of rotatable bonds is 6. The van der Waals surface area contributed by atoms with Gasteiger partial charge >= 0.3 is 0 Å². The van der Waals surface area contributed by atoms with Crippen molar-refractivity contribution in [2.45, 2.75) is 25.7 Å². The van der Waals surface area contributed by atoms with Gasteiger partial charge in [-0.3, -0.25) is 4.79 Å². The molecular formula is C21H32N2O3. The topological polar surface area (TPSA) is 53.0 Å². The Morgan fingerprint density at radius 2 is 1.88 bits per heavy atom. The molecule has 0 bridgehead atoms. The second-order valence-corrected chi connectivity index (χ2v) is 7.84. The largest absolute Gasteiger partial charge is 0.396 e. The highest BCUT2D eigenvalue weighted by molar-refractivity contribution is 5.77. The Balaban J connectivity index is 1.51. The van der Waals surface area contributed by atoms with E-state index in [2.05, 4.69) is 35.2 Å². The number of carbonyl (C=O) groups is 1. The Kier molecular flexibility index (Phi) is 6.68. The van der Waals surface area contributed by atoms with Gasteiger partial charge in [0.1, 0.15) is 6.61 Å². The molecule has 3 rings (SSSR count). The normalized spacial score (nSPS) is 23.3. The smallest absolute Gasteiger partial charge is 0.248 e. The van der Waals surface area contributed by atoms with E-state index in [0.717, 1.165) is 51.9 Å². The SMILES string of the molecule is COCC(=O)N1CCC2(CCN(CCc3ccccc3)CC2)[C@@H](CO)C1. The number of benzene rings is 1. The van der Waals surface area contributed by atoms with E-state index in [1.165, 1.54) is 5.56 Å². The van der Waals surface area contributed by atoms with E-state index in [0.29, 0.717) is 6.54 Å². The molecule has 0 radical (unpaired) electrons. The van der Waals surface area contributed by atoms with Crippen LogP contribution in [-0.4, -0.2) is 73.9 Å². The minimum absolute atomic E-state index is 0.0427. The van der Waals surface area contributed by atoms with Crippen molar-refractivity contribution in [1.29, 1.82) is 0 Å². The molecule has 2 saturated heterocycles. The summed E-state index contributed by atoms with van der Waals surface area (Å²) < 4.78 is 4.98. The first-order valence-corrected chi connectivity index (χ1v) is 9.81. The first-order chi connectivity index (χ1) is 12.7. The van der Waals surface area contributed by atoms with Crippen LogP contribution in [0, 0.1) is 11.3 Å².